The van der Waals surface area contributed by atoms with Gasteiger partial charge in [0.2, 0.25) is 0 Å². The van der Waals surface area contributed by atoms with E-state index >= 15 is 0 Å². The maximum Gasteiger partial charge on any atom is 0.0862 e. The molecule has 2 aliphatic heterocycles. The molecule has 0 N–H and O–H groups in total. The molecular formula is C21H39N3O. The summed E-state index contributed by atoms with van der Waals surface area (Å²) >= 11 is 0. The molecule has 0 atom stereocenters. The molecule has 3 rings (SSSR count). The summed E-state index contributed by atoms with van der Waals surface area (Å²) in [6, 6.07) is 0.724. The first kappa shape index (κ1) is 19.2. The Balaban J connectivity index is 1.24. The summed E-state index contributed by atoms with van der Waals surface area (Å²) in [4.78, 5) is 7.71. The molecule has 0 aromatic heterocycles. The molecule has 0 unspecified atom stereocenters. The lowest BCUT2D eigenvalue weighted by Gasteiger charge is -2.37. The van der Waals surface area contributed by atoms with E-state index in [4.69, 9.17) is 4.74 Å². The zero-order valence-electron chi connectivity index (χ0n) is 16.6. The van der Waals surface area contributed by atoms with Crippen molar-refractivity contribution in [1.29, 1.82) is 0 Å². The number of piperidine rings is 1. The fourth-order valence-corrected chi connectivity index (χ4v) is 4.19. The van der Waals surface area contributed by atoms with E-state index in [9.17, 15) is 0 Å². The third-order valence-corrected chi connectivity index (χ3v) is 6.30. The van der Waals surface area contributed by atoms with Crippen LogP contribution in [0.3, 0.4) is 0 Å². The summed E-state index contributed by atoms with van der Waals surface area (Å²) in [5.41, 5.74) is 1.18. The van der Waals surface area contributed by atoms with Gasteiger partial charge in [-0.3, -0.25) is 4.90 Å². The third-order valence-electron chi connectivity index (χ3n) is 6.30. The van der Waals surface area contributed by atoms with E-state index < -0.39 is 0 Å². The molecule has 0 spiro atoms. The van der Waals surface area contributed by atoms with E-state index in [0.717, 1.165) is 31.7 Å². The molecule has 4 heteroatoms. The van der Waals surface area contributed by atoms with Gasteiger partial charge in [0, 0.05) is 37.9 Å². The summed E-state index contributed by atoms with van der Waals surface area (Å²) in [6.07, 6.45) is 8.64. The molecule has 1 saturated carbocycles. The first-order chi connectivity index (χ1) is 12.1. The first-order valence-corrected chi connectivity index (χ1v) is 10.6. The second-order valence-corrected chi connectivity index (χ2v) is 8.62. The quantitative estimate of drug-likeness (QED) is 0.636. The fourth-order valence-electron chi connectivity index (χ4n) is 4.19. The minimum Gasteiger partial charge on any atom is -0.372 e. The van der Waals surface area contributed by atoms with E-state index in [1.807, 2.05) is 0 Å². The van der Waals surface area contributed by atoms with Crippen molar-refractivity contribution in [3.63, 3.8) is 0 Å². The predicted octanol–water partition coefficient (Wildman–Crippen LogP) is 3.20. The van der Waals surface area contributed by atoms with Crippen LogP contribution in [0.4, 0.5) is 0 Å². The van der Waals surface area contributed by atoms with E-state index in [-0.39, 0.29) is 0 Å². The zero-order chi connectivity index (χ0) is 17.6. The lowest BCUT2D eigenvalue weighted by molar-refractivity contribution is 0.0977. The van der Waals surface area contributed by atoms with Crippen molar-refractivity contribution in [1.82, 2.24) is 14.7 Å². The molecule has 0 aromatic carbocycles. The van der Waals surface area contributed by atoms with Gasteiger partial charge in [0.15, 0.2) is 0 Å². The molecule has 3 fully saturated rings. The molecule has 0 bridgehead atoms. The molecule has 25 heavy (non-hydrogen) atoms. The molecule has 1 aliphatic carbocycles. The van der Waals surface area contributed by atoms with Crippen LogP contribution in [0.15, 0.2) is 12.3 Å². The molecule has 2 saturated heterocycles. The maximum atomic E-state index is 5.79. The maximum absolute atomic E-state index is 5.79. The normalized spacial score (nSPS) is 24.2. The van der Waals surface area contributed by atoms with Crippen molar-refractivity contribution in [3.8, 4) is 0 Å². The minimum absolute atomic E-state index is 0.533. The van der Waals surface area contributed by atoms with Gasteiger partial charge in [0.05, 0.1) is 12.7 Å². The van der Waals surface area contributed by atoms with Gasteiger partial charge in [-0.05, 0) is 77.9 Å². The van der Waals surface area contributed by atoms with Crippen LogP contribution in [0.1, 0.15) is 52.4 Å². The Morgan fingerprint density at radius 1 is 1.00 bits per heavy atom. The van der Waals surface area contributed by atoms with Gasteiger partial charge in [-0.1, -0.05) is 6.58 Å². The van der Waals surface area contributed by atoms with Gasteiger partial charge in [0.25, 0.3) is 0 Å². The topological polar surface area (TPSA) is 19.0 Å². The molecule has 3 aliphatic rings. The Bertz CT molecular complexity index is 405. The van der Waals surface area contributed by atoms with E-state index in [2.05, 4.69) is 35.1 Å². The van der Waals surface area contributed by atoms with Gasteiger partial charge in [-0.25, -0.2) is 0 Å². The molecule has 4 nitrogen and oxygen atoms in total. The largest absolute Gasteiger partial charge is 0.372 e. The highest BCUT2D eigenvalue weighted by atomic mass is 16.5. The minimum atomic E-state index is 0.533. The van der Waals surface area contributed by atoms with Crippen LogP contribution in [-0.4, -0.2) is 79.3 Å². The van der Waals surface area contributed by atoms with E-state index in [1.165, 1.54) is 76.9 Å². The van der Waals surface area contributed by atoms with Crippen LogP contribution in [0.5, 0.6) is 0 Å². The lowest BCUT2D eigenvalue weighted by Crippen LogP contribution is -2.46. The van der Waals surface area contributed by atoms with Gasteiger partial charge in [-0.15, -0.1) is 0 Å². The lowest BCUT2D eigenvalue weighted by atomic mass is 9.91. The number of likely N-dealkylation sites (tertiary alicyclic amines) is 1. The van der Waals surface area contributed by atoms with Crippen molar-refractivity contribution >= 4 is 0 Å². The second-order valence-electron chi connectivity index (χ2n) is 8.62. The van der Waals surface area contributed by atoms with Crippen LogP contribution in [0, 0.1) is 5.92 Å². The molecule has 2 heterocycles. The SMILES string of the molecule is C=C(COC1CC1)N1CCN(CCCC2CCN(C(C)C)CC2)CC1. The van der Waals surface area contributed by atoms with Gasteiger partial charge < -0.3 is 14.5 Å². The summed E-state index contributed by atoms with van der Waals surface area (Å²) in [7, 11) is 0. The number of hydrogen-bond donors (Lipinski definition) is 0. The second kappa shape index (κ2) is 9.38. The molecule has 0 amide bonds. The Morgan fingerprint density at radius 2 is 1.68 bits per heavy atom. The Kier molecular flexibility index (Phi) is 7.20. The Labute approximate surface area is 155 Å². The summed E-state index contributed by atoms with van der Waals surface area (Å²) in [5.74, 6) is 0.968. The number of nitrogens with zero attached hydrogens (tertiary/aromatic N) is 3. The highest BCUT2D eigenvalue weighted by Crippen LogP contribution is 2.25. The Morgan fingerprint density at radius 3 is 2.28 bits per heavy atom. The van der Waals surface area contributed by atoms with Crippen molar-refractivity contribution in [2.75, 3.05) is 52.4 Å². The molecular weight excluding hydrogens is 310 g/mol. The van der Waals surface area contributed by atoms with Crippen LogP contribution < -0.4 is 0 Å². The smallest absolute Gasteiger partial charge is 0.0862 e. The summed E-state index contributed by atoms with van der Waals surface area (Å²) < 4.78 is 5.79. The first-order valence-electron chi connectivity index (χ1n) is 10.6. The fraction of sp³-hybridized carbons (Fsp3) is 0.905. The highest BCUT2D eigenvalue weighted by Gasteiger charge is 2.24. The van der Waals surface area contributed by atoms with Crippen molar-refractivity contribution in [2.24, 2.45) is 5.92 Å². The Hall–Kier alpha value is -0.580. The van der Waals surface area contributed by atoms with Gasteiger partial charge in [0.1, 0.15) is 0 Å². The monoisotopic (exact) mass is 349 g/mol. The summed E-state index contributed by atoms with van der Waals surface area (Å²) in [6.45, 7) is 18.1. The zero-order valence-corrected chi connectivity index (χ0v) is 16.6. The molecule has 144 valence electrons. The molecule has 0 radical (unpaired) electrons. The number of piperazine rings is 1. The number of hydrogen-bond acceptors (Lipinski definition) is 4. The van der Waals surface area contributed by atoms with E-state index in [1.54, 1.807) is 0 Å². The number of ether oxygens (including phenoxy) is 1. The van der Waals surface area contributed by atoms with Gasteiger partial charge in [-0.2, -0.15) is 0 Å². The van der Waals surface area contributed by atoms with Crippen LogP contribution in [0.25, 0.3) is 0 Å². The van der Waals surface area contributed by atoms with Crippen molar-refractivity contribution < 1.29 is 4.74 Å². The molecule has 0 aromatic rings. The average Bonchev–Trinajstić information content (AvgIpc) is 3.45. The van der Waals surface area contributed by atoms with E-state index in [0.29, 0.717) is 6.10 Å². The van der Waals surface area contributed by atoms with Crippen LogP contribution in [0.2, 0.25) is 0 Å². The summed E-state index contributed by atoms with van der Waals surface area (Å²) in [5, 5.41) is 0. The third kappa shape index (κ3) is 6.26. The number of rotatable bonds is 9. The van der Waals surface area contributed by atoms with Crippen LogP contribution in [-0.2, 0) is 4.74 Å². The predicted molar refractivity (Wildman–Crippen MR) is 105 cm³/mol. The van der Waals surface area contributed by atoms with Crippen LogP contribution >= 0.6 is 0 Å². The average molecular weight is 350 g/mol. The van der Waals surface area contributed by atoms with Crippen molar-refractivity contribution in [3.05, 3.63) is 12.3 Å². The van der Waals surface area contributed by atoms with Gasteiger partial charge >= 0.3 is 0 Å². The van der Waals surface area contributed by atoms with Crippen molar-refractivity contribution in [2.45, 2.75) is 64.5 Å². The highest BCUT2D eigenvalue weighted by molar-refractivity contribution is 4.97. The standard InChI is InChI=1S/C21H39N3O/c1-18(2)23-11-8-20(9-12-23)5-4-10-22-13-15-24(16-14-22)19(3)17-25-21-6-7-21/h18,20-21H,3-17H2,1-2H3.